The topological polar surface area (TPSA) is 25.8 Å². The first kappa shape index (κ1) is 8.59. The van der Waals surface area contributed by atoms with E-state index in [-0.39, 0.29) is 0 Å². The van der Waals surface area contributed by atoms with Gasteiger partial charge in [-0.1, -0.05) is 0 Å². The van der Waals surface area contributed by atoms with E-state index < -0.39 is 0 Å². The van der Waals surface area contributed by atoms with Crippen molar-refractivity contribution < 1.29 is 0 Å². The minimum atomic E-state index is 1.50. The summed E-state index contributed by atoms with van der Waals surface area (Å²) in [5.74, 6) is 4.00. The van der Waals surface area contributed by atoms with Crippen LogP contribution in [-0.4, -0.2) is 16.9 Å². The molecule has 2 heterocycles. The molecule has 2 aromatic heterocycles. The molecule has 3 heteroatoms. The Balaban J connectivity index is 0.000000120. The Kier molecular flexibility index (Phi) is 4.45. The predicted octanol–water partition coefficient (Wildman–Crippen LogP) is 1.50. The third-order valence-electron chi connectivity index (χ3n) is 1.14. The van der Waals surface area contributed by atoms with E-state index in [4.69, 9.17) is 0 Å². The van der Waals surface area contributed by atoms with Crippen molar-refractivity contribution in [1.82, 2.24) is 9.97 Å². The van der Waals surface area contributed by atoms with Crippen molar-refractivity contribution in [3.05, 3.63) is 54.9 Å². The van der Waals surface area contributed by atoms with Crippen LogP contribution in [0.3, 0.4) is 0 Å². The first-order valence-electron chi connectivity index (χ1n) is 3.70. The number of hydrogen-bond donors (Lipinski definition) is 0. The zero-order valence-electron chi connectivity index (χ0n) is 6.67. The molecule has 0 spiro atoms. The molecule has 0 fully saturated rings. The van der Waals surface area contributed by atoms with Gasteiger partial charge in [-0.05, 0) is 6.07 Å². The Morgan fingerprint density at radius 3 is 1.58 bits per heavy atom. The van der Waals surface area contributed by atoms with Gasteiger partial charge in [-0.25, -0.2) is 9.97 Å². The van der Waals surface area contributed by atoms with Gasteiger partial charge in [-0.3, -0.25) is 0 Å². The fourth-order valence-corrected chi connectivity index (χ4v) is 0.638. The van der Waals surface area contributed by atoms with E-state index in [1.807, 2.05) is 37.0 Å². The molecule has 0 aliphatic rings. The van der Waals surface area contributed by atoms with E-state index in [1.54, 1.807) is 18.5 Å². The maximum atomic E-state index is 3.67. The summed E-state index contributed by atoms with van der Waals surface area (Å²) >= 11 is 0. The van der Waals surface area contributed by atoms with Gasteiger partial charge in [0, 0.05) is 12.4 Å². The molecule has 0 saturated carbocycles. The van der Waals surface area contributed by atoms with E-state index >= 15 is 0 Å². The quantitative estimate of drug-likeness (QED) is 0.577. The van der Waals surface area contributed by atoms with Gasteiger partial charge >= 0.3 is 37.0 Å². The van der Waals surface area contributed by atoms with Crippen LogP contribution in [0.1, 0.15) is 0 Å². The molecule has 0 amide bonds. The number of aromatic nitrogens is 2. The second-order valence-corrected chi connectivity index (χ2v) is 2.06. The fourth-order valence-electron chi connectivity index (χ4n) is 0.638. The van der Waals surface area contributed by atoms with Crippen molar-refractivity contribution >= 4 is 6.91 Å². The van der Waals surface area contributed by atoms with Crippen LogP contribution in [0.5, 0.6) is 0 Å². The van der Waals surface area contributed by atoms with E-state index in [0.29, 0.717) is 0 Å². The summed E-state index contributed by atoms with van der Waals surface area (Å²) in [5, 5.41) is 0. The Morgan fingerprint density at radius 2 is 1.42 bits per heavy atom. The van der Waals surface area contributed by atoms with Crippen LogP contribution in [0.25, 0.3) is 0 Å². The van der Waals surface area contributed by atoms with Crippen LogP contribution in [0.15, 0.2) is 54.9 Å². The van der Waals surface area contributed by atoms with Crippen molar-refractivity contribution in [2.75, 3.05) is 0 Å². The molecule has 0 aromatic carbocycles. The molecule has 0 aliphatic heterocycles. The minimum absolute atomic E-state index is 1.50. The van der Waals surface area contributed by atoms with Crippen molar-refractivity contribution in [2.45, 2.75) is 0 Å². The van der Waals surface area contributed by atoms with Gasteiger partial charge in [0.2, 0.25) is 0 Å². The van der Waals surface area contributed by atoms with Gasteiger partial charge < -0.3 is 0 Å². The average molecular weight is 156 g/mol. The van der Waals surface area contributed by atoms with E-state index in [9.17, 15) is 0 Å². The standard InChI is InChI=1S/C5H5B.C4H4N2/c1-2-4-6-5-3-1;1-2-5-4-6-3-1/h1-5H;1-4H. The molecule has 0 atom stereocenters. The van der Waals surface area contributed by atoms with Gasteiger partial charge in [0.25, 0.3) is 0 Å². The summed E-state index contributed by atoms with van der Waals surface area (Å²) in [7, 11) is 0. The molecule has 0 bridgehead atoms. The Hall–Kier alpha value is -1.51. The maximum absolute atomic E-state index is 3.67. The summed E-state index contributed by atoms with van der Waals surface area (Å²) in [6, 6.07) is 7.78. The molecule has 2 nitrogen and oxygen atoms in total. The second kappa shape index (κ2) is 6.22. The second-order valence-electron chi connectivity index (χ2n) is 2.06. The first-order chi connectivity index (χ1) is 6.00. The van der Waals surface area contributed by atoms with Crippen LogP contribution >= 0.6 is 0 Å². The van der Waals surface area contributed by atoms with E-state index in [2.05, 4.69) is 9.97 Å². The molecule has 0 radical (unpaired) electrons. The van der Waals surface area contributed by atoms with Gasteiger partial charge in [0.1, 0.15) is 6.33 Å². The van der Waals surface area contributed by atoms with Crippen molar-refractivity contribution in [2.24, 2.45) is 0 Å². The van der Waals surface area contributed by atoms with Gasteiger partial charge in [-0.2, -0.15) is 0 Å². The molecule has 2 aromatic rings. The van der Waals surface area contributed by atoms with Crippen molar-refractivity contribution in [3.63, 3.8) is 0 Å². The summed E-state index contributed by atoms with van der Waals surface area (Å²) in [6.07, 6.45) is 4.88. The van der Waals surface area contributed by atoms with Crippen molar-refractivity contribution in [3.8, 4) is 0 Å². The minimum Gasteiger partial charge on any atom is -0.245 e. The zero-order valence-corrected chi connectivity index (χ0v) is 6.67. The Labute approximate surface area is 72.5 Å². The summed E-state index contributed by atoms with van der Waals surface area (Å²) < 4.78 is 0. The summed E-state index contributed by atoms with van der Waals surface area (Å²) in [5.41, 5.74) is 0. The Bertz CT molecular complexity index is 188. The van der Waals surface area contributed by atoms with Crippen LogP contribution in [0, 0.1) is 0 Å². The van der Waals surface area contributed by atoms with Gasteiger partial charge in [0.15, 0.2) is 0 Å². The van der Waals surface area contributed by atoms with Crippen molar-refractivity contribution in [1.29, 1.82) is 0 Å². The molecule has 12 heavy (non-hydrogen) atoms. The van der Waals surface area contributed by atoms with E-state index in [0.717, 1.165) is 0 Å². The molecule has 58 valence electrons. The normalized spacial score (nSPS) is 7.67. The number of hydrogen-bond acceptors (Lipinski definition) is 2. The molecule has 0 aliphatic carbocycles. The van der Waals surface area contributed by atoms with Crippen LogP contribution in [0.4, 0.5) is 0 Å². The maximum Gasteiger partial charge on any atom is 0.115 e. The molecule has 0 unspecified atom stereocenters. The van der Waals surface area contributed by atoms with Gasteiger partial charge in [0.05, 0.1) is 0 Å². The Morgan fingerprint density at radius 1 is 0.750 bits per heavy atom. The molecule has 0 N–H and O–H groups in total. The monoisotopic (exact) mass is 156 g/mol. The third kappa shape index (κ3) is 4.33. The fraction of sp³-hybridized carbons (Fsp3) is 0. The molecular weight excluding hydrogens is 147 g/mol. The van der Waals surface area contributed by atoms with Crippen LogP contribution in [0.2, 0.25) is 0 Å². The summed E-state index contributed by atoms with van der Waals surface area (Å²) in [4.78, 5) is 7.35. The largest absolute Gasteiger partial charge is 0.245 e. The first-order valence-corrected chi connectivity index (χ1v) is 3.70. The number of rotatable bonds is 0. The summed E-state index contributed by atoms with van der Waals surface area (Å²) in [6.45, 7) is 2.00. The molecule has 2 rings (SSSR count). The number of nitrogens with zero attached hydrogens (tertiary/aromatic N) is 2. The molecule has 0 saturated heterocycles. The molecular formula is C9H9BN2. The smallest absolute Gasteiger partial charge is 0.115 e. The zero-order chi connectivity index (χ0) is 8.49. The van der Waals surface area contributed by atoms with Gasteiger partial charge in [-0.15, -0.1) is 0 Å². The van der Waals surface area contributed by atoms with Crippen LogP contribution < -0.4 is 0 Å². The SMILES string of the molecule is b1ccccc1.c1cncnc1. The predicted molar refractivity (Wildman–Crippen MR) is 49.8 cm³/mol. The van der Waals surface area contributed by atoms with E-state index in [1.165, 1.54) is 6.33 Å². The third-order valence-corrected chi connectivity index (χ3v) is 1.14. The van der Waals surface area contributed by atoms with Crippen LogP contribution in [-0.2, 0) is 0 Å². The average Bonchev–Trinajstić information content (AvgIpc) is 2.24.